The molecule has 18 heavy (non-hydrogen) atoms. The maximum absolute atomic E-state index is 5.94. The van der Waals surface area contributed by atoms with Crippen molar-refractivity contribution in [2.75, 3.05) is 6.26 Å². The van der Waals surface area contributed by atoms with Gasteiger partial charge in [-0.3, -0.25) is 0 Å². The fourth-order valence-corrected chi connectivity index (χ4v) is 2.99. The molecule has 2 rings (SSSR count). The standard InChI is InChI=1S/C12H10Cl2N2S2/c1-17-12-15-10(14)6-11(16-12)18-7-8-2-4-9(13)5-3-8/h2-6H,7H2,1H3. The zero-order valence-corrected chi connectivity index (χ0v) is 12.7. The Hall–Kier alpha value is -0.420. The molecule has 0 saturated heterocycles. The topological polar surface area (TPSA) is 25.8 Å². The van der Waals surface area contributed by atoms with Crippen molar-refractivity contribution in [3.05, 3.63) is 46.1 Å². The molecule has 0 unspecified atom stereocenters. The average Bonchev–Trinajstić information content (AvgIpc) is 2.37. The van der Waals surface area contributed by atoms with E-state index in [9.17, 15) is 0 Å². The molecule has 0 amide bonds. The summed E-state index contributed by atoms with van der Waals surface area (Å²) in [6.45, 7) is 0. The van der Waals surface area contributed by atoms with Gasteiger partial charge in [0.1, 0.15) is 10.2 Å². The molecule has 0 fully saturated rings. The number of rotatable bonds is 4. The van der Waals surface area contributed by atoms with Crippen molar-refractivity contribution in [2.24, 2.45) is 0 Å². The van der Waals surface area contributed by atoms with Crippen LogP contribution in [0.3, 0.4) is 0 Å². The quantitative estimate of drug-likeness (QED) is 0.460. The van der Waals surface area contributed by atoms with Crippen LogP contribution < -0.4 is 0 Å². The van der Waals surface area contributed by atoms with E-state index < -0.39 is 0 Å². The molecule has 0 saturated carbocycles. The van der Waals surface area contributed by atoms with Crippen LogP contribution in [-0.4, -0.2) is 16.2 Å². The highest BCUT2D eigenvalue weighted by Crippen LogP contribution is 2.25. The highest BCUT2D eigenvalue weighted by Gasteiger charge is 2.03. The van der Waals surface area contributed by atoms with E-state index >= 15 is 0 Å². The Balaban J connectivity index is 2.05. The molecule has 0 N–H and O–H groups in total. The number of halogens is 2. The fourth-order valence-electron chi connectivity index (χ4n) is 1.28. The van der Waals surface area contributed by atoms with E-state index in [-0.39, 0.29) is 0 Å². The van der Waals surface area contributed by atoms with Crippen molar-refractivity contribution < 1.29 is 0 Å². The molecule has 0 radical (unpaired) electrons. The lowest BCUT2D eigenvalue weighted by atomic mass is 10.2. The van der Waals surface area contributed by atoms with E-state index in [1.54, 1.807) is 17.8 Å². The summed E-state index contributed by atoms with van der Waals surface area (Å²) in [5.74, 6) is 0.832. The summed E-state index contributed by atoms with van der Waals surface area (Å²) in [5.41, 5.74) is 1.20. The maximum atomic E-state index is 5.94. The number of thioether (sulfide) groups is 2. The van der Waals surface area contributed by atoms with Crippen LogP contribution in [-0.2, 0) is 5.75 Å². The summed E-state index contributed by atoms with van der Waals surface area (Å²) in [6.07, 6.45) is 1.93. The molecule has 6 heteroatoms. The molecule has 0 spiro atoms. The lowest BCUT2D eigenvalue weighted by Crippen LogP contribution is -1.89. The second-order valence-corrected chi connectivity index (χ2v) is 6.02. The van der Waals surface area contributed by atoms with E-state index in [0.717, 1.165) is 15.8 Å². The molecule has 0 bridgehead atoms. The Morgan fingerprint density at radius 3 is 2.50 bits per heavy atom. The van der Waals surface area contributed by atoms with E-state index in [1.165, 1.54) is 17.3 Å². The Bertz CT molecular complexity index is 532. The van der Waals surface area contributed by atoms with Gasteiger partial charge in [-0.05, 0) is 24.0 Å². The first-order valence-corrected chi connectivity index (χ1v) is 8.10. The van der Waals surface area contributed by atoms with Gasteiger partial charge >= 0.3 is 0 Å². The molecule has 1 heterocycles. The Kier molecular flexibility index (Phi) is 5.18. The van der Waals surface area contributed by atoms with Crippen LogP contribution in [0.25, 0.3) is 0 Å². The van der Waals surface area contributed by atoms with Crippen LogP contribution in [0.15, 0.2) is 40.5 Å². The number of nitrogens with zero attached hydrogens (tertiary/aromatic N) is 2. The smallest absolute Gasteiger partial charge is 0.189 e. The maximum Gasteiger partial charge on any atom is 0.189 e. The van der Waals surface area contributed by atoms with Crippen molar-refractivity contribution in [1.82, 2.24) is 9.97 Å². The zero-order valence-electron chi connectivity index (χ0n) is 9.56. The highest BCUT2D eigenvalue weighted by molar-refractivity contribution is 7.99. The fraction of sp³-hybridized carbons (Fsp3) is 0.167. The second kappa shape index (κ2) is 6.66. The van der Waals surface area contributed by atoms with Crippen LogP contribution in [0.5, 0.6) is 0 Å². The van der Waals surface area contributed by atoms with E-state index in [0.29, 0.717) is 10.3 Å². The molecule has 0 aliphatic carbocycles. The summed E-state index contributed by atoms with van der Waals surface area (Å²) in [6, 6.07) is 9.57. The highest BCUT2D eigenvalue weighted by atomic mass is 35.5. The summed E-state index contributed by atoms with van der Waals surface area (Å²) >= 11 is 14.9. The minimum Gasteiger partial charge on any atom is -0.216 e. The average molecular weight is 317 g/mol. The zero-order chi connectivity index (χ0) is 13.0. The van der Waals surface area contributed by atoms with Crippen molar-refractivity contribution in [3.63, 3.8) is 0 Å². The summed E-state index contributed by atoms with van der Waals surface area (Å²) < 4.78 is 0. The van der Waals surface area contributed by atoms with Crippen LogP contribution >= 0.6 is 46.7 Å². The summed E-state index contributed by atoms with van der Waals surface area (Å²) in [7, 11) is 0. The Morgan fingerprint density at radius 2 is 1.83 bits per heavy atom. The molecule has 2 nitrogen and oxygen atoms in total. The third-order valence-corrected chi connectivity index (χ3v) is 4.11. The van der Waals surface area contributed by atoms with Gasteiger partial charge in [-0.15, -0.1) is 11.8 Å². The normalized spacial score (nSPS) is 10.6. The predicted octanol–water partition coefficient (Wildman–Crippen LogP) is 4.80. The van der Waals surface area contributed by atoms with Gasteiger partial charge in [-0.1, -0.05) is 47.1 Å². The lowest BCUT2D eigenvalue weighted by Gasteiger charge is -2.03. The van der Waals surface area contributed by atoms with Crippen molar-refractivity contribution in [3.8, 4) is 0 Å². The minimum absolute atomic E-state index is 0.480. The van der Waals surface area contributed by atoms with Crippen molar-refractivity contribution >= 4 is 46.7 Å². The Labute approximate surface area is 125 Å². The van der Waals surface area contributed by atoms with Crippen LogP contribution in [0.2, 0.25) is 10.2 Å². The lowest BCUT2D eigenvalue weighted by molar-refractivity contribution is 0.894. The first-order valence-electron chi connectivity index (χ1n) is 5.13. The van der Waals surface area contributed by atoms with Crippen LogP contribution in [0.1, 0.15) is 5.56 Å². The van der Waals surface area contributed by atoms with Gasteiger partial charge in [0.25, 0.3) is 0 Å². The third-order valence-electron chi connectivity index (χ3n) is 2.13. The minimum atomic E-state index is 0.480. The van der Waals surface area contributed by atoms with Crippen molar-refractivity contribution in [1.29, 1.82) is 0 Å². The van der Waals surface area contributed by atoms with Crippen LogP contribution in [0, 0.1) is 0 Å². The molecule has 0 aliphatic rings. The molecule has 2 aromatic rings. The Morgan fingerprint density at radius 1 is 1.11 bits per heavy atom. The monoisotopic (exact) mass is 316 g/mol. The molecular formula is C12H10Cl2N2S2. The molecule has 1 aromatic heterocycles. The SMILES string of the molecule is CSc1nc(Cl)cc(SCc2ccc(Cl)cc2)n1. The van der Waals surface area contributed by atoms with Gasteiger partial charge in [0.05, 0.1) is 0 Å². The van der Waals surface area contributed by atoms with Gasteiger partial charge in [0.2, 0.25) is 0 Å². The van der Waals surface area contributed by atoms with Gasteiger partial charge in [0, 0.05) is 16.8 Å². The van der Waals surface area contributed by atoms with E-state index in [4.69, 9.17) is 23.2 Å². The molecule has 0 aliphatic heterocycles. The molecule has 0 atom stereocenters. The number of hydrogen-bond donors (Lipinski definition) is 0. The number of hydrogen-bond acceptors (Lipinski definition) is 4. The van der Waals surface area contributed by atoms with E-state index in [2.05, 4.69) is 9.97 Å². The summed E-state index contributed by atoms with van der Waals surface area (Å²) in [4.78, 5) is 8.49. The van der Waals surface area contributed by atoms with Gasteiger partial charge in [-0.2, -0.15) is 0 Å². The largest absolute Gasteiger partial charge is 0.216 e. The van der Waals surface area contributed by atoms with Gasteiger partial charge in [0.15, 0.2) is 5.16 Å². The summed E-state index contributed by atoms with van der Waals surface area (Å²) in [5, 5.41) is 2.81. The third kappa shape index (κ3) is 4.05. The van der Waals surface area contributed by atoms with E-state index in [1.807, 2.05) is 30.5 Å². The van der Waals surface area contributed by atoms with Gasteiger partial charge < -0.3 is 0 Å². The van der Waals surface area contributed by atoms with Crippen molar-refractivity contribution in [2.45, 2.75) is 15.9 Å². The number of aromatic nitrogens is 2. The first kappa shape index (κ1) is 14.0. The molecular weight excluding hydrogens is 307 g/mol. The van der Waals surface area contributed by atoms with Gasteiger partial charge in [-0.25, -0.2) is 9.97 Å². The second-order valence-electron chi connectivity index (χ2n) is 3.43. The number of benzene rings is 1. The first-order chi connectivity index (χ1) is 8.67. The predicted molar refractivity (Wildman–Crippen MR) is 79.8 cm³/mol. The molecule has 1 aromatic carbocycles. The van der Waals surface area contributed by atoms with Crippen LogP contribution in [0.4, 0.5) is 0 Å². The molecule has 94 valence electrons.